The number of rotatable bonds is 6. The molecule has 36 heavy (non-hydrogen) atoms. The van der Waals surface area contributed by atoms with Gasteiger partial charge in [-0.3, -0.25) is 0 Å². The highest BCUT2D eigenvalue weighted by atomic mass is 16.3. The molecule has 1 saturated heterocycles. The average Bonchev–Trinajstić information content (AvgIpc) is 2.83. The molecule has 192 valence electrons. The highest BCUT2D eigenvalue weighted by Gasteiger charge is 2.38. The summed E-state index contributed by atoms with van der Waals surface area (Å²) in [6, 6.07) is 5.28. The van der Waals surface area contributed by atoms with E-state index in [1.54, 1.807) is 0 Å². The van der Waals surface area contributed by atoms with Gasteiger partial charge in [-0.1, -0.05) is 46.9 Å². The van der Waals surface area contributed by atoms with Crippen LogP contribution in [0.4, 0.5) is 0 Å². The third-order valence-corrected chi connectivity index (χ3v) is 7.91. The lowest BCUT2D eigenvalue weighted by Crippen LogP contribution is -2.45. The molecule has 0 aromatic heterocycles. The van der Waals surface area contributed by atoms with Gasteiger partial charge in [0, 0.05) is 53.1 Å². The molecule has 3 heterocycles. The smallest absolute Gasteiger partial charge is 0.117 e. The number of fused-ring (bicyclic) bond motifs is 3. The van der Waals surface area contributed by atoms with E-state index >= 15 is 0 Å². The van der Waals surface area contributed by atoms with Crippen molar-refractivity contribution in [3.05, 3.63) is 82.9 Å². The Morgan fingerprint density at radius 1 is 1.25 bits per heavy atom. The number of likely N-dealkylation sites (tertiary alicyclic amines) is 1. The fourth-order valence-electron chi connectivity index (χ4n) is 5.61. The van der Waals surface area contributed by atoms with Gasteiger partial charge in [-0.05, 0) is 85.6 Å². The lowest BCUT2D eigenvalue weighted by atomic mass is 9.75. The minimum atomic E-state index is 0.00730. The quantitative estimate of drug-likeness (QED) is 0.338. The Bertz CT molecular complexity index is 1160. The molecule has 5 nitrogen and oxygen atoms in total. The van der Waals surface area contributed by atoms with Gasteiger partial charge in [0.25, 0.3) is 0 Å². The van der Waals surface area contributed by atoms with E-state index in [0.717, 1.165) is 61.2 Å². The summed E-state index contributed by atoms with van der Waals surface area (Å²) in [4.78, 5) is 4.68. The third-order valence-electron chi connectivity index (χ3n) is 7.91. The van der Waals surface area contributed by atoms with E-state index in [9.17, 15) is 5.11 Å². The van der Waals surface area contributed by atoms with E-state index < -0.39 is 0 Å². The van der Waals surface area contributed by atoms with E-state index in [0.29, 0.717) is 11.6 Å². The topological polar surface area (TPSA) is 62.6 Å². The lowest BCUT2D eigenvalue weighted by molar-refractivity contribution is 0.188. The largest absolute Gasteiger partial charge is 0.508 e. The number of aliphatic hydroxyl groups excluding tert-OH is 1. The summed E-state index contributed by atoms with van der Waals surface area (Å²) in [5.74, 6) is 0.0521. The number of hydrogen-bond donors (Lipinski definition) is 3. The summed E-state index contributed by atoms with van der Waals surface area (Å²) >= 11 is 0. The summed E-state index contributed by atoms with van der Waals surface area (Å²) in [7, 11) is 2.18. The van der Waals surface area contributed by atoms with Crippen molar-refractivity contribution in [2.45, 2.75) is 65.5 Å². The zero-order valence-electron chi connectivity index (χ0n) is 22.6. The van der Waals surface area contributed by atoms with Crippen molar-refractivity contribution in [3.8, 4) is 0 Å². The van der Waals surface area contributed by atoms with Gasteiger partial charge < -0.3 is 25.6 Å². The zero-order valence-corrected chi connectivity index (χ0v) is 22.6. The zero-order chi connectivity index (χ0) is 26.2. The summed E-state index contributed by atoms with van der Waals surface area (Å²) in [6.45, 7) is 19.1. The molecule has 1 aromatic carbocycles. The molecular weight excluding hydrogens is 444 g/mol. The van der Waals surface area contributed by atoms with Gasteiger partial charge in [-0.25, -0.2) is 0 Å². The van der Waals surface area contributed by atoms with E-state index in [1.807, 2.05) is 6.20 Å². The Balaban J connectivity index is 1.76. The second-order valence-electron chi connectivity index (χ2n) is 11.5. The Morgan fingerprint density at radius 3 is 2.53 bits per heavy atom. The monoisotopic (exact) mass is 486 g/mol. The first kappa shape index (κ1) is 26.0. The molecule has 0 saturated carbocycles. The van der Waals surface area contributed by atoms with Crippen molar-refractivity contribution in [3.63, 3.8) is 0 Å². The van der Waals surface area contributed by atoms with Crippen molar-refractivity contribution < 1.29 is 5.11 Å². The lowest BCUT2D eigenvalue weighted by Gasteiger charge is -2.47. The summed E-state index contributed by atoms with van der Waals surface area (Å²) < 4.78 is 0. The van der Waals surface area contributed by atoms with Crippen LogP contribution in [0.1, 0.15) is 62.8 Å². The van der Waals surface area contributed by atoms with Crippen LogP contribution in [-0.4, -0.2) is 53.3 Å². The predicted molar refractivity (Wildman–Crippen MR) is 152 cm³/mol. The maximum Gasteiger partial charge on any atom is 0.117 e. The minimum absolute atomic E-state index is 0.00730. The van der Waals surface area contributed by atoms with Crippen LogP contribution in [-0.2, 0) is 12.8 Å². The van der Waals surface area contributed by atoms with Gasteiger partial charge in [0.15, 0.2) is 0 Å². The normalized spacial score (nSPS) is 21.4. The van der Waals surface area contributed by atoms with Crippen molar-refractivity contribution in [2.75, 3.05) is 20.1 Å². The number of aryl methyl sites for hydroxylation is 1. The van der Waals surface area contributed by atoms with Crippen molar-refractivity contribution >= 4 is 17.5 Å². The summed E-state index contributed by atoms with van der Waals surface area (Å²) in [5, 5.41) is 22.0. The number of nitrogens with one attached hydrogen (secondary N) is 2. The van der Waals surface area contributed by atoms with Crippen molar-refractivity contribution in [1.29, 1.82) is 5.41 Å². The Labute approximate surface area is 217 Å². The third kappa shape index (κ3) is 5.08. The molecule has 4 rings (SSSR count). The Hall–Kier alpha value is -3.05. The van der Waals surface area contributed by atoms with Gasteiger partial charge in [-0.15, -0.1) is 0 Å². The second kappa shape index (κ2) is 10.1. The van der Waals surface area contributed by atoms with Crippen LogP contribution in [0, 0.1) is 10.8 Å². The van der Waals surface area contributed by atoms with Crippen LogP contribution in [0.15, 0.2) is 60.7 Å². The first-order chi connectivity index (χ1) is 17.0. The molecule has 1 aromatic rings. The minimum Gasteiger partial charge on any atom is -0.508 e. The molecule has 0 radical (unpaired) electrons. The van der Waals surface area contributed by atoms with E-state index in [1.165, 1.54) is 22.9 Å². The van der Waals surface area contributed by atoms with Gasteiger partial charge >= 0.3 is 0 Å². The van der Waals surface area contributed by atoms with Crippen LogP contribution in [0.25, 0.3) is 11.3 Å². The average molecular weight is 487 g/mol. The molecule has 0 aliphatic carbocycles. The SMILES string of the molecule is C=C(O)C1=CN2C(=CC1=C)c1cc(CC)c(/C(C=N)=C/NC3CCN(C)CC3)cc1CC2C(C)(C)C. The van der Waals surface area contributed by atoms with Crippen LogP contribution in [0.3, 0.4) is 0 Å². The van der Waals surface area contributed by atoms with Crippen LogP contribution in [0.2, 0.25) is 0 Å². The molecule has 1 atom stereocenters. The maximum absolute atomic E-state index is 10.2. The van der Waals surface area contributed by atoms with E-state index in [-0.39, 0.29) is 17.2 Å². The number of aliphatic hydroxyl groups is 1. The van der Waals surface area contributed by atoms with Gasteiger partial charge in [0.05, 0.1) is 0 Å². The van der Waals surface area contributed by atoms with Crippen LogP contribution in [0.5, 0.6) is 0 Å². The number of allylic oxidation sites excluding steroid dienone is 3. The maximum atomic E-state index is 10.2. The molecule has 3 N–H and O–H groups in total. The number of nitrogens with zero attached hydrogens (tertiary/aromatic N) is 2. The molecular formula is C31H42N4O. The summed E-state index contributed by atoms with van der Waals surface area (Å²) in [5.41, 5.74) is 8.41. The number of benzene rings is 1. The number of hydrogen-bond acceptors (Lipinski definition) is 5. The van der Waals surface area contributed by atoms with Gasteiger partial charge in [0.2, 0.25) is 0 Å². The molecule has 1 unspecified atom stereocenters. The fraction of sp³-hybridized carbons (Fsp3) is 0.452. The molecule has 0 amide bonds. The molecule has 0 bridgehead atoms. The molecule has 5 heteroatoms. The first-order valence-corrected chi connectivity index (χ1v) is 13.1. The van der Waals surface area contributed by atoms with Crippen molar-refractivity contribution in [1.82, 2.24) is 15.1 Å². The molecule has 3 aliphatic rings. The highest BCUT2D eigenvalue weighted by molar-refractivity contribution is 6.09. The molecule has 1 fully saturated rings. The standard InChI is InChI=1S/C31H42N4O/c1-8-22-14-27-23(15-26(22)24(17-32)18-33-25-9-11-34(7)12-10-25)16-30(31(4,5)6)35-19-28(21(3)36)20(2)13-29(27)35/h13-15,17-19,25,30,32-33,36H,2-3,8-12,16H2,1,4-7H3/b24-18+,32-17?. The van der Waals surface area contributed by atoms with E-state index in [2.05, 4.69) is 87.4 Å². The number of piperidine rings is 1. The van der Waals surface area contributed by atoms with E-state index in [4.69, 9.17) is 5.41 Å². The highest BCUT2D eigenvalue weighted by Crippen LogP contribution is 2.44. The van der Waals surface area contributed by atoms with Crippen LogP contribution >= 0.6 is 0 Å². The fourth-order valence-corrected chi connectivity index (χ4v) is 5.61. The first-order valence-electron chi connectivity index (χ1n) is 13.1. The molecule has 3 aliphatic heterocycles. The van der Waals surface area contributed by atoms with Crippen LogP contribution < -0.4 is 5.32 Å². The van der Waals surface area contributed by atoms with Gasteiger partial charge in [-0.2, -0.15) is 0 Å². The Kier molecular flexibility index (Phi) is 7.33. The van der Waals surface area contributed by atoms with Crippen molar-refractivity contribution in [2.24, 2.45) is 5.41 Å². The molecule has 0 spiro atoms. The second-order valence-corrected chi connectivity index (χ2v) is 11.5. The van der Waals surface area contributed by atoms with Gasteiger partial charge in [0.1, 0.15) is 5.76 Å². The Morgan fingerprint density at radius 2 is 1.94 bits per heavy atom. The summed E-state index contributed by atoms with van der Waals surface area (Å²) in [6.07, 6.45) is 11.7. The predicted octanol–water partition coefficient (Wildman–Crippen LogP) is 6.06.